The zero-order valence-electron chi connectivity index (χ0n) is 16.4. The molecule has 0 aliphatic heterocycles. The third-order valence-electron chi connectivity index (χ3n) is 4.15. The lowest BCUT2D eigenvalue weighted by Crippen LogP contribution is -2.16. The molecule has 2 aromatic heterocycles. The van der Waals surface area contributed by atoms with Gasteiger partial charge in [0.15, 0.2) is 11.5 Å². The molecule has 2 N–H and O–H groups in total. The van der Waals surface area contributed by atoms with Crippen molar-refractivity contribution in [1.82, 2.24) is 14.6 Å². The van der Waals surface area contributed by atoms with Crippen LogP contribution in [0.15, 0.2) is 36.7 Å². The Kier molecular flexibility index (Phi) is 6.28. The minimum Gasteiger partial charge on any atom is -0.491 e. The van der Waals surface area contributed by atoms with Crippen molar-refractivity contribution in [3.63, 3.8) is 0 Å². The average molecular weight is 402 g/mol. The van der Waals surface area contributed by atoms with E-state index in [1.54, 1.807) is 39.2 Å². The third-order valence-corrected chi connectivity index (χ3v) is 4.15. The van der Waals surface area contributed by atoms with Crippen molar-refractivity contribution in [2.24, 2.45) is 0 Å². The van der Waals surface area contributed by atoms with E-state index >= 15 is 0 Å². The van der Waals surface area contributed by atoms with Crippen LogP contribution in [0.1, 0.15) is 42.7 Å². The van der Waals surface area contributed by atoms with Crippen LogP contribution in [0.25, 0.3) is 5.65 Å². The highest BCUT2D eigenvalue weighted by Gasteiger charge is 2.24. The first-order valence-electron chi connectivity index (χ1n) is 9.28. The first-order valence-corrected chi connectivity index (χ1v) is 9.28. The summed E-state index contributed by atoms with van der Waals surface area (Å²) in [7, 11) is 0. The van der Waals surface area contributed by atoms with Crippen molar-refractivity contribution in [2.75, 3.05) is 18.5 Å². The van der Waals surface area contributed by atoms with E-state index < -0.39 is 23.9 Å². The molecule has 2 heterocycles. The molecule has 3 aromatic rings. The van der Waals surface area contributed by atoms with Crippen LogP contribution in [0.2, 0.25) is 0 Å². The fraction of sp³-hybridized carbons (Fsp3) is 0.350. The van der Waals surface area contributed by atoms with Crippen molar-refractivity contribution in [2.45, 2.75) is 32.9 Å². The maximum Gasteiger partial charge on any atom is 0.345 e. The second kappa shape index (κ2) is 8.87. The van der Waals surface area contributed by atoms with Gasteiger partial charge in [0.1, 0.15) is 23.7 Å². The molecule has 0 amide bonds. The van der Waals surface area contributed by atoms with Crippen LogP contribution < -0.4 is 10.1 Å². The van der Waals surface area contributed by atoms with Gasteiger partial charge in [0.05, 0.1) is 18.8 Å². The van der Waals surface area contributed by atoms with E-state index in [0.717, 1.165) is 0 Å². The molecule has 0 aliphatic carbocycles. The predicted octanol–water partition coefficient (Wildman–Crippen LogP) is 2.98. The van der Waals surface area contributed by atoms with Gasteiger partial charge in [-0.2, -0.15) is 0 Å². The maximum atomic E-state index is 13.9. The molecule has 29 heavy (non-hydrogen) atoms. The van der Waals surface area contributed by atoms with Crippen LogP contribution >= 0.6 is 0 Å². The van der Waals surface area contributed by atoms with Crippen molar-refractivity contribution in [3.8, 4) is 5.75 Å². The van der Waals surface area contributed by atoms with E-state index in [2.05, 4.69) is 15.4 Å². The number of hydrogen-bond acceptors (Lipinski definition) is 7. The smallest absolute Gasteiger partial charge is 0.345 e. The molecular weight excluding hydrogens is 379 g/mol. The number of halogens is 1. The van der Waals surface area contributed by atoms with Gasteiger partial charge in [0, 0.05) is 18.0 Å². The van der Waals surface area contributed by atoms with Gasteiger partial charge in [-0.1, -0.05) is 0 Å². The van der Waals surface area contributed by atoms with Crippen LogP contribution in [0.4, 0.5) is 10.2 Å². The van der Waals surface area contributed by atoms with Gasteiger partial charge in [-0.15, -0.1) is 5.10 Å². The lowest BCUT2D eigenvalue weighted by Gasteiger charge is -2.19. The van der Waals surface area contributed by atoms with Crippen LogP contribution in [0.5, 0.6) is 5.75 Å². The number of benzene rings is 1. The van der Waals surface area contributed by atoms with Gasteiger partial charge in [0.2, 0.25) is 0 Å². The number of fused-ring (bicyclic) bond motifs is 1. The first-order chi connectivity index (χ1) is 13.9. The number of anilines is 1. The fourth-order valence-corrected chi connectivity index (χ4v) is 2.86. The molecule has 2 atom stereocenters. The van der Waals surface area contributed by atoms with Gasteiger partial charge in [-0.05, 0) is 45.0 Å². The van der Waals surface area contributed by atoms with Gasteiger partial charge in [-0.3, -0.25) is 0 Å². The SMILES string of the molecule is CCOC(=O)c1c(N[C@H](C)c2cc(F)ccc2OC[C@@H](C)O)nn2cccnc12. The number of aromatic nitrogens is 3. The summed E-state index contributed by atoms with van der Waals surface area (Å²) in [5, 5.41) is 17.0. The zero-order valence-corrected chi connectivity index (χ0v) is 16.4. The first kappa shape index (κ1) is 20.5. The van der Waals surface area contributed by atoms with Gasteiger partial charge >= 0.3 is 5.97 Å². The molecule has 9 heteroatoms. The van der Waals surface area contributed by atoms with E-state index in [9.17, 15) is 14.3 Å². The van der Waals surface area contributed by atoms with Gasteiger partial charge < -0.3 is 19.9 Å². The van der Waals surface area contributed by atoms with Crippen LogP contribution in [-0.2, 0) is 4.74 Å². The minimum atomic E-state index is -0.670. The number of nitrogens with zero attached hydrogens (tertiary/aromatic N) is 3. The summed E-state index contributed by atoms with van der Waals surface area (Å²) >= 11 is 0. The fourth-order valence-electron chi connectivity index (χ4n) is 2.86. The number of aliphatic hydroxyl groups excluding tert-OH is 1. The summed E-state index contributed by atoms with van der Waals surface area (Å²) in [5.41, 5.74) is 1.07. The largest absolute Gasteiger partial charge is 0.491 e. The second-order valence-electron chi connectivity index (χ2n) is 6.54. The molecular formula is C20H23FN4O4. The highest BCUT2D eigenvalue weighted by Crippen LogP contribution is 2.30. The van der Waals surface area contributed by atoms with Crippen molar-refractivity contribution in [3.05, 3.63) is 53.6 Å². The highest BCUT2D eigenvalue weighted by atomic mass is 19.1. The summed E-state index contributed by atoms with van der Waals surface area (Å²) < 4.78 is 26.1. The summed E-state index contributed by atoms with van der Waals surface area (Å²) in [6.45, 7) is 5.37. The number of aliphatic hydroxyl groups is 1. The van der Waals surface area contributed by atoms with Crippen LogP contribution in [0.3, 0.4) is 0 Å². The lowest BCUT2D eigenvalue weighted by atomic mass is 10.1. The Hall–Kier alpha value is -3.20. The summed E-state index contributed by atoms with van der Waals surface area (Å²) in [5.74, 6) is -0.298. The number of carbonyl (C=O) groups is 1. The number of hydrogen-bond donors (Lipinski definition) is 2. The molecule has 154 valence electrons. The molecule has 0 fully saturated rings. The zero-order chi connectivity index (χ0) is 21.0. The molecule has 0 radical (unpaired) electrons. The van der Waals surface area contributed by atoms with E-state index in [1.165, 1.54) is 22.7 Å². The third kappa shape index (κ3) is 4.62. The standard InChI is InChI=1S/C20H23FN4O4/c1-4-28-20(27)17-18(24-25-9-5-8-22-19(17)25)23-13(3)15-10-14(21)6-7-16(15)29-11-12(2)26/h5-10,12-13,26H,4,11H2,1-3H3,(H,23,24)/t12-,13-/m1/s1. The lowest BCUT2D eigenvalue weighted by molar-refractivity contribution is 0.0529. The van der Waals surface area contributed by atoms with Crippen LogP contribution in [-0.4, -0.2) is 45.0 Å². The molecule has 3 rings (SSSR count). The molecule has 0 bridgehead atoms. The normalized spacial score (nSPS) is 13.1. The number of esters is 1. The molecule has 8 nitrogen and oxygen atoms in total. The molecule has 0 aliphatic rings. The Balaban J connectivity index is 1.96. The Bertz CT molecular complexity index is 1010. The number of carbonyl (C=O) groups excluding carboxylic acids is 1. The Morgan fingerprint density at radius 3 is 2.90 bits per heavy atom. The predicted molar refractivity (Wildman–Crippen MR) is 105 cm³/mol. The van der Waals surface area contributed by atoms with E-state index in [4.69, 9.17) is 9.47 Å². The van der Waals surface area contributed by atoms with Gasteiger partial charge in [0.25, 0.3) is 0 Å². The van der Waals surface area contributed by atoms with Gasteiger partial charge in [-0.25, -0.2) is 18.7 Å². The van der Waals surface area contributed by atoms with E-state index in [-0.39, 0.29) is 24.6 Å². The average Bonchev–Trinajstić information content (AvgIpc) is 3.04. The Morgan fingerprint density at radius 1 is 1.38 bits per heavy atom. The van der Waals surface area contributed by atoms with Crippen molar-refractivity contribution < 1.29 is 23.8 Å². The van der Waals surface area contributed by atoms with E-state index in [1.807, 2.05) is 0 Å². The highest BCUT2D eigenvalue weighted by molar-refractivity contribution is 6.01. The topological polar surface area (TPSA) is 98.0 Å². The van der Waals surface area contributed by atoms with E-state index in [0.29, 0.717) is 17.0 Å². The quantitative estimate of drug-likeness (QED) is 0.559. The van der Waals surface area contributed by atoms with Crippen molar-refractivity contribution >= 4 is 17.4 Å². The number of ether oxygens (including phenoxy) is 2. The summed E-state index contributed by atoms with van der Waals surface area (Å²) in [6, 6.07) is 5.35. The second-order valence-corrected chi connectivity index (χ2v) is 6.54. The maximum absolute atomic E-state index is 13.9. The Labute approximate surface area is 167 Å². The van der Waals surface area contributed by atoms with Crippen LogP contribution in [0, 0.1) is 5.82 Å². The summed E-state index contributed by atoms with van der Waals surface area (Å²) in [6.07, 6.45) is 2.55. The monoisotopic (exact) mass is 402 g/mol. The minimum absolute atomic E-state index is 0.0672. The molecule has 1 aromatic carbocycles. The van der Waals surface area contributed by atoms with Crippen molar-refractivity contribution in [1.29, 1.82) is 0 Å². The molecule has 0 unspecified atom stereocenters. The number of rotatable bonds is 8. The Morgan fingerprint density at radius 2 is 2.17 bits per heavy atom. The molecule has 0 spiro atoms. The number of nitrogens with one attached hydrogen (secondary N) is 1. The molecule has 0 saturated heterocycles. The molecule has 0 saturated carbocycles. The summed E-state index contributed by atoms with van der Waals surface area (Å²) in [4.78, 5) is 16.7.